The second-order valence-corrected chi connectivity index (χ2v) is 7.70. The van der Waals surface area contributed by atoms with Gasteiger partial charge >= 0.3 is 0 Å². The zero-order valence-electron chi connectivity index (χ0n) is 14.5. The van der Waals surface area contributed by atoms with E-state index in [0.29, 0.717) is 25.0 Å². The summed E-state index contributed by atoms with van der Waals surface area (Å²) in [7, 11) is 0. The average molecular weight is 328 g/mol. The third-order valence-corrected chi connectivity index (χ3v) is 5.90. The third kappa shape index (κ3) is 3.22. The van der Waals surface area contributed by atoms with E-state index in [1.165, 1.54) is 25.7 Å². The Morgan fingerprint density at radius 1 is 1.17 bits per heavy atom. The number of carbonyl (C=O) groups excluding carboxylic acids is 1. The van der Waals surface area contributed by atoms with E-state index in [2.05, 4.69) is 24.4 Å². The normalized spacial score (nSPS) is 36.4. The van der Waals surface area contributed by atoms with E-state index in [9.17, 15) is 4.79 Å². The van der Waals surface area contributed by atoms with Gasteiger partial charge in [-0.2, -0.15) is 0 Å². The minimum atomic E-state index is -0.0115. The summed E-state index contributed by atoms with van der Waals surface area (Å²) < 4.78 is 6.10. The van der Waals surface area contributed by atoms with Crippen LogP contribution in [-0.4, -0.2) is 42.1 Å². The molecule has 0 radical (unpaired) electrons. The first-order chi connectivity index (χ1) is 11.7. The van der Waals surface area contributed by atoms with Crippen molar-refractivity contribution in [2.75, 3.05) is 13.1 Å². The number of hydrogen-bond donors (Lipinski definition) is 1. The van der Waals surface area contributed by atoms with Crippen molar-refractivity contribution < 1.29 is 9.53 Å². The summed E-state index contributed by atoms with van der Waals surface area (Å²) in [6, 6.07) is 10.8. The van der Waals surface area contributed by atoms with Crippen molar-refractivity contribution in [3.8, 4) is 0 Å². The summed E-state index contributed by atoms with van der Waals surface area (Å²) in [5.41, 5.74) is 1.16. The molecular weight excluding hydrogens is 300 g/mol. The van der Waals surface area contributed by atoms with E-state index >= 15 is 0 Å². The van der Waals surface area contributed by atoms with E-state index in [-0.39, 0.29) is 24.2 Å². The quantitative estimate of drug-likeness (QED) is 0.908. The van der Waals surface area contributed by atoms with Gasteiger partial charge in [-0.05, 0) is 37.7 Å². The Bertz CT molecular complexity index is 562. The van der Waals surface area contributed by atoms with Gasteiger partial charge in [-0.3, -0.25) is 4.79 Å². The molecule has 2 saturated heterocycles. The van der Waals surface area contributed by atoms with Gasteiger partial charge in [-0.1, -0.05) is 43.2 Å². The summed E-state index contributed by atoms with van der Waals surface area (Å²) in [6.45, 7) is 3.44. The van der Waals surface area contributed by atoms with Gasteiger partial charge in [-0.25, -0.2) is 0 Å². The van der Waals surface area contributed by atoms with E-state index in [1.807, 2.05) is 23.1 Å². The molecule has 1 N–H and O–H groups in total. The van der Waals surface area contributed by atoms with Crippen molar-refractivity contribution in [2.24, 2.45) is 5.92 Å². The van der Waals surface area contributed by atoms with Crippen molar-refractivity contribution in [1.82, 2.24) is 10.2 Å². The summed E-state index contributed by atoms with van der Waals surface area (Å²) in [5, 5.41) is 3.63. The number of morpholine rings is 1. The molecule has 1 amide bonds. The molecule has 5 atom stereocenters. The summed E-state index contributed by atoms with van der Waals surface area (Å²) >= 11 is 0. The third-order valence-electron chi connectivity index (χ3n) is 5.90. The van der Waals surface area contributed by atoms with E-state index in [0.717, 1.165) is 12.0 Å². The van der Waals surface area contributed by atoms with E-state index < -0.39 is 0 Å². The van der Waals surface area contributed by atoms with Crippen LogP contribution in [0.1, 0.15) is 50.7 Å². The second kappa shape index (κ2) is 6.85. The molecule has 1 aliphatic carbocycles. The van der Waals surface area contributed by atoms with Crippen LogP contribution in [0.4, 0.5) is 0 Å². The molecule has 0 aromatic heterocycles. The Morgan fingerprint density at radius 3 is 2.75 bits per heavy atom. The van der Waals surface area contributed by atoms with Crippen LogP contribution in [0.5, 0.6) is 0 Å². The van der Waals surface area contributed by atoms with Crippen LogP contribution < -0.4 is 5.32 Å². The van der Waals surface area contributed by atoms with Gasteiger partial charge in [0.05, 0.1) is 18.7 Å². The van der Waals surface area contributed by atoms with Gasteiger partial charge in [-0.15, -0.1) is 0 Å². The van der Waals surface area contributed by atoms with Gasteiger partial charge in [0.25, 0.3) is 0 Å². The van der Waals surface area contributed by atoms with Crippen LogP contribution in [0.15, 0.2) is 30.3 Å². The van der Waals surface area contributed by atoms with Crippen molar-refractivity contribution in [3.05, 3.63) is 35.9 Å². The molecule has 4 rings (SSSR count). The molecule has 1 saturated carbocycles. The van der Waals surface area contributed by atoms with Gasteiger partial charge in [0.1, 0.15) is 6.10 Å². The molecule has 3 aliphatic rings. The average Bonchev–Trinajstić information content (AvgIpc) is 3.05. The largest absolute Gasteiger partial charge is 0.367 e. The van der Waals surface area contributed by atoms with Gasteiger partial charge in [0, 0.05) is 12.6 Å². The van der Waals surface area contributed by atoms with Crippen LogP contribution in [0.25, 0.3) is 0 Å². The van der Waals surface area contributed by atoms with Gasteiger partial charge in [0.15, 0.2) is 0 Å². The molecule has 5 unspecified atom stereocenters. The Labute approximate surface area is 144 Å². The highest BCUT2D eigenvalue weighted by atomic mass is 16.5. The monoisotopic (exact) mass is 328 g/mol. The number of rotatable bonds is 2. The lowest BCUT2D eigenvalue weighted by Crippen LogP contribution is -2.52. The fourth-order valence-corrected chi connectivity index (χ4v) is 4.71. The highest BCUT2D eigenvalue weighted by Crippen LogP contribution is 2.34. The number of nitrogens with zero attached hydrogens (tertiary/aromatic N) is 1. The van der Waals surface area contributed by atoms with Crippen molar-refractivity contribution >= 4 is 5.91 Å². The summed E-state index contributed by atoms with van der Waals surface area (Å²) in [6.07, 6.45) is 6.24. The molecule has 4 heteroatoms. The molecule has 3 fully saturated rings. The first kappa shape index (κ1) is 16.1. The molecule has 4 nitrogen and oxygen atoms in total. The van der Waals surface area contributed by atoms with Gasteiger partial charge in [0.2, 0.25) is 5.91 Å². The molecule has 1 aromatic carbocycles. The molecular formula is C20H28N2O2. The Kier molecular flexibility index (Phi) is 4.59. The second-order valence-electron chi connectivity index (χ2n) is 7.70. The smallest absolute Gasteiger partial charge is 0.239 e. The first-order valence-corrected chi connectivity index (χ1v) is 9.46. The number of hydrogen-bond acceptors (Lipinski definition) is 3. The molecule has 0 spiro atoms. The molecule has 0 bridgehead atoms. The van der Waals surface area contributed by atoms with Crippen LogP contribution in [0.3, 0.4) is 0 Å². The van der Waals surface area contributed by atoms with Crippen LogP contribution in [0.2, 0.25) is 0 Å². The number of amides is 1. The Hall–Kier alpha value is -1.39. The maximum absolute atomic E-state index is 13.1. The van der Waals surface area contributed by atoms with Crippen molar-refractivity contribution in [3.63, 3.8) is 0 Å². The van der Waals surface area contributed by atoms with E-state index in [4.69, 9.17) is 4.74 Å². The lowest BCUT2D eigenvalue weighted by atomic mass is 9.85. The zero-order valence-corrected chi connectivity index (χ0v) is 14.5. The number of ether oxygens (including phenoxy) is 1. The first-order valence-electron chi connectivity index (χ1n) is 9.46. The highest BCUT2D eigenvalue weighted by Gasteiger charge is 2.41. The van der Waals surface area contributed by atoms with Crippen LogP contribution in [0, 0.1) is 5.92 Å². The van der Waals surface area contributed by atoms with Crippen LogP contribution in [-0.2, 0) is 9.53 Å². The van der Waals surface area contributed by atoms with Crippen LogP contribution >= 0.6 is 0 Å². The molecule has 1 aromatic rings. The zero-order chi connectivity index (χ0) is 16.5. The number of fused-ring (bicyclic) bond motifs is 1. The molecule has 2 heterocycles. The maximum Gasteiger partial charge on any atom is 0.239 e. The Balaban J connectivity index is 1.44. The molecule has 24 heavy (non-hydrogen) atoms. The minimum absolute atomic E-state index is 0.0115. The highest BCUT2D eigenvalue weighted by molar-refractivity contribution is 5.82. The lowest BCUT2D eigenvalue weighted by Gasteiger charge is -2.38. The maximum atomic E-state index is 13.1. The minimum Gasteiger partial charge on any atom is -0.367 e. The predicted octanol–water partition coefficient (Wildman–Crippen LogP) is 2.90. The number of nitrogens with one attached hydrogen (secondary N) is 1. The summed E-state index contributed by atoms with van der Waals surface area (Å²) in [5.74, 6) is 0.983. The lowest BCUT2D eigenvalue weighted by molar-refractivity contribution is -0.146. The fraction of sp³-hybridized carbons (Fsp3) is 0.650. The molecule has 2 aliphatic heterocycles. The van der Waals surface area contributed by atoms with E-state index in [1.54, 1.807) is 0 Å². The Morgan fingerprint density at radius 2 is 1.96 bits per heavy atom. The predicted molar refractivity (Wildman–Crippen MR) is 93.6 cm³/mol. The standard InChI is InChI=1S/C20H28N2O2/c1-14-12-22(13-19(24-14)15-7-3-2-4-8-15)20(23)18-11-16-9-5-6-10-17(16)21-18/h2-4,7-8,14,16-19,21H,5-6,9-13H2,1H3. The number of benzene rings is 1. The summed E-state index contributed by atoms with van der Waals surface area (Å²) in [4.78, 5) is 15.1. The fourth-order valence-electron chi connectivity index (χ4n) is 4.71. The van der Waals surface area contributed by atoms with Gasteiger partial charge < -0.3 is 15.0 Å². The topological polar surface area (TPSA) is 41.6 Å². The number of carbonyl (C=O) groups is 1. The molecule has 130 valence electrons. The van der Waals surface area contributed by atoms with Crippen molar-refractivity contribution in [2.45, 2.75) is 63.3 Å². The van der Waals surface area contributed by atoms with Crippen molar-refractivity contribution in [1.29, 1.82) is 0 Å². The SMILES string of the molecule is CC1CN(C(=O)C2CC3CCCCC3N2)CC(c2ccccc2)O1.